The summed E-state index contributed by atoms with van der Waals surface area (Å²) in [5.74, 6) is 0.0279. The van der Waals surface area contributed by atoms with Gasteiger partial charge < -0.3 is 13.9 Å². The van der Waals surface area contributed by atoms with Crippen LogP contribution in [0, 0.1) is 11.3 Å². The first-order valence-electron chi connectivity index (χ1n) is 6.96. The van der Waals surface area contributed by atoms with Gasteiger partial charge in [0, 0.05) is 12.4 Å². The van der Waals surface area contributed by atoms with Crippen molar-refractivity contribution in [1.29, 1.82) is 5.26 Å². The number of ether oxygens (including phenoxy) is 2. The van der Waals surface area contributed by atoms with Crippen LogP contribution < -0.4 is 4.74 Å². The maximum atomic E-state index is 11.7. The summed E-state index contributed by atoms with van der Waals surface area (Å²) in [6.45, 7) is -0.101. The first kappa shape index (κ1) is 14.6. The molecule has 0 saturated carbocycles. The molecule has 0 aliphatic heterocycles. The Kier molecular flexibility index (Phi) is 4.20. The van der Waals surface area contributed by atoms with Crippen molar-refractivity contribution in [3.63, 3.8) is 0 Å². The second-order valence-electron chi connectivity index (χ2n) is 4.78. The van der Waals surface area contributed by atoms with E-state index in [2.05, 4.69) is 4.98 Å². The zero-order valence-corrected chi connectivity index (χ0v) is 12.2. The van der Waals surface area contributed by atoms with Gasteiger partial charge in [-0.25, -0.2) is 9.78 Å². The lowest BCUT2D eigenvalue weighted by molar-refractivity contribution is -0.147. The maximum absolute atomic E-state index is 11.7. The third-order valence-electron chi connectivity index (χ3n) is 3.14. The van der Waals surface area contributed by atoms with E-state index in [0.29, 0.717) is 17.0 Å². The third-order valence-corrected chi connectivity index (χ3v) is 3.14. The summed E-state index contributed by atoms with van der Waals surface area (Å²) in [4.78, 5) is 16.0. The number of imidazole rings is 1. The molecular weight excluding hydrogens is 294 g/mol. The Morgan fingerprint density at radius 1 is 1.22 bits per heavy atom. The van der Waals surface area contributed by atoms with Crippen molar-refractivity contribution >= 4 is 11.6 Å². The van der Waals surface area contributed by atoms with Crippen molar-refractivity contribution in [3.05, 3.63) is 66.1 Å². The van der Waals surface area contributed by atoms with Crippen molar-refractivity contribution in [1.82, 2.24) is 9.38 Å². The predicted molar refractivity (Wildman–Crippen MR) is 81.6 cm³/mol. The molecule has 0 aliphatic rings. The fourth-order valence-electron chi connectivity index (χ4n) is 2.02. The van der Waals surface area contributed by atoms with Gasteiger partial charge in [0.1, 0.15) is 18.0 Å². The van der Waals surface area contributed by atoms with Crippen LogP contribution in [0.15, 0.2) is 54.9 Å². The first-order chi connectivity index (χ1) is 11.2. The molecule has 0 N–H and O–H groups in total. The lowest BCUT2D eigenvalue weighted by Crippen LogP contribution is -2.14. The molecule has 2 aromatic heterocycles. The molecule has 0 aliphatic carbocycles. The lowest BCUT2D eigenvalue weighted by atomic mass is 10.2. The largest absolute Gasteiger partial charge is 0.482 e. The standard InChI is InChI=1S/C17H13N3O3/c18-9-13-4-6-15(7-5-13)22-12-17(21)23-11-14-10-20-8-2-1-3-16(20)19-14/h1-8,10H,11-12H2. The van der Waals surface area contributed by atoms with E-state index >= 15 is 0 Å². The average Bonchev–Trinajstić information content (AvgIpc) is 3.01. The molecule has 3 aromatic rings. The number of esters is 1. The second kappa shape index (κ2) is 6.62. The number of hydrogen-bond donors (Lipinski definition) is 0. The quantitative estimate of drug-likeness (QED) is 0.676. The van der Waals surface area contributed by atoms with Crippen LogP contribution in [0.5, 0.6) is 5.75 Å². The second-order valence-corrected chi connectivity index (χ2v) is 4.78. The fourth-order valence-corrected chi connectivity index (χ4v) is 2.02. The van der Waals surface area contributed by atoms with E-state index < -0.39 is 5.97 Å². The molecule has 0 bridgehead atoms. The number of rotatable bonds is 5. The summed E-state index contributed by atoms with van der Waals surface area (Å²) >= 11 is 0. The van der Waals surface area contributed by atoms with Crippen LogP contribution in [0.4, 0.5) is 0 Å². The minimum absolute atomic E-state index is 0.0945. The average molecular weight is 307 g/mol. The molecule has 0 amide bonds. The first-order valence-corrected chi connectivity index (χ1v) is 6.96. The number of aromatic nitrogens is 2. The molecule has 0 atom stereocenters. The summed E-state index contributed by atoms with van der Waals surface area (Å²) in [6, 6.07) is 14.2. The maximum Gasteiger partial charge on any atom is 0.344 e. The summed E-state index contributed by atoms with van der Waals surface area (Å²) in [5, 5.41) is 8.70. The number of carbonyl (C=O) groups is 1. The van der Waals surface area contributed by atoms with E-state index in [1.807, 2.05) is 41.1 Å². The van der Waals surface area contributed by atoms with Crippen LogP contribution in [-0.4, -0.2) is 22.0 Å². The number of benzene rings is 1. The van der Waals surface area contributed by atoms with Crippen molar-refractivity contribution in [2.75, 3.05) is 6.61 Å². The van der Waals surface area contributed by atoms with Gasteiger partial charge >= 0.3 is 5.97 Å². The fraction of sp³-hybridized carbons (Fsp3) is 0.118. The zero-order chi connectivity index (χ0) is 16.1. The van der Waals surface area contributed by atoms with Gasteiger partial charge in [0.15, 0.2) is 6.61 Å². The highest BCUT2D eigenvalue weighted by molar-refractivity contribution is 5.71. The third kappa shape index (κ3) is 3.66. The molecule has 3 rings (SSSR count). The Bertz CT molecular complexity index is 830. The minimum Gasteiger partial charge on any atom is -0.482 e. The molecule has 0 fully saturated rings. The Labute approximate surface area is 132 Å². The number of carbonyl (C=O) groups excluding carboxylic acids is 1. The van der Waals surface area contributed by atoms with E-state index in [0.717, 1.165) is 5.65 Å². The molecule has 0 unspecified atom stereocenters. The van der Waals surface area contributed by atoms with Crippen LogP contribution in [0.2, 0.25) is 0 Å². The van der Waals surface area contributed by atoms with E-state index in [1.165, 1.54) is 0 Å². The van der Waals surface area contributed by atoms with Crippen LogP contribution in [0.3, 0.4) is 0 Å². The summed E-state index contributed by atoms with van der Waals surface area (Å²) < 4.78 is 12.3. The van der Waals surface area contributed by atoms with Gasteiger partial charge in [-0.1, -0.05) is 6.07 Å². The van der Waals surface area contributed by atoms with Gasteiger partial charge in [-0.15, -0.1) is 0 Å². The van der Waals surface area contributed by atoms with Crippen LogP contribution in [0.1, 0.15) is 11.3 Å². The van der Waals surface area contributed by atoms with Crippen molar-refractivity contribution in [3.8, 4) is 11.8 Å². The molecule has 6 nitrogen and oxygen atoms in total. The van der Waals surface area contributed by atoms with Crippen molar-refractivity contribution in [2.24, 2.45) is 0 Å². The summed E-state index contributed by atoms with van der Waals surface area (Å²) in [7, 11) is 0. The normalized spacial score (nSPS) is 10.2. The minimum atomic E-state index is -0.480. The molecule has 0 spiro atoms. The van der Waals surface area contributed by atoms with Gasteiger partial charge in [0.05, 0.1) is 17.3 Å². The topological polar surface area (TPSA) is 76.6 Å². The van der Waals surface area contributed by atoms with Gasteiger partial charge in [-0.2, -0.15) is 5.26 Å². The molecule has 6 heteroatoms. The van der Waals surface area contributed by atoms with Crippen LogP contribution in [-0.2, 0) is 16.1 Å². The van der Waals surface area contributed by atoms with Crippen molar-refractivity contribution < 1.29 is 14.3 Å². The van der Waals surface area contributed by atoms with Crippen molar-refractivity contribution in [2.45, 2.75) is 6.61 Å². The zero-order valence-electron chi connectivity index (χ0n) is 12.2. The smallest absolute Gasteiger partial charge is 0.344 e. The lowest BCUT2D eigenvalue weighted by Gasteiger charge is -2.06. The number of pyridine rings is 1. The molecule has 23 heavy (non-hydrogen) atoms. The molecular formula is C17H13N3O3. The number of nitrogens with zero attached hydrogens (tertiary/aromatic N) is 3. The molecule has 2 heterocycles. The number of nitriles is 1. The number of fused-ring (bicyclic) bond motifs is 1. The SMILES string of the molecule is N#Cc1ccc(OCC(=O)OCc2cn3ccccc3n2)cc1. The highest BCUT2D eigenvalue weighted by Crippen LogP contribution is 2.11. The van der Waals surface area contributed by atoms with E-state index in [9.17, 15) is 4.79 Å². The van der Waals surface area contributed by atoms with E-state index in [-0.39, 0.29) is 13.2 Å². The van der Waals surface area contributed by atoms with Gasteiger partial charge in [0.25, 0.3) is 0 Å². The molecule has 0 saturated heterocycles. The molecule has 0 radical (unpaired) electrons. The number of hydrogen-bond acceptors (Lipinski definition) is 5. The van der Waals surface area contributed by atoms with Gasteiger partial charge in [0.2, 0.25) is 0 Å². The molecule has 114 valence electrons. The Balaban J connectivity index is 1.50. The Hall–Kier alpha value is -3.33. The van der Waals surface area contributed by atoms with Gasteiger partial charge in [-0.05, 0) is 36.4 Å². The Morgan fingerprint density at radius 2 is 2.04 bits per heavy atom. The monoisotopic (exact) mass is 307 g/mol. The van der Waals surface area contributed by atoms with Gasteiger partial charge in [-0.3, -0.25) is 0 Å². The molecule has 1 aromatic carbocycles. The highest BCUT2D eigenvalue weighted by atomic mass is 16.6. The van der Waals surface area contributed by atoms with Crippen LogP contribution in [0.25, 0.3) is 5.65 Å². The Morgan fingerprint density at radius 3 is 2.78 bits per heavy atom. The van der Waals surface area contributed by atoms with Crippen LogP contribution >= 0.6 is 0 Å². The summed E-state index contributed by atoms with van der Waals surface area (Å²) in [6.07, 6.45) is 3.69. The summed E-state index contributed by atoms with van der Waals surface area (Å²) in [5.41, 5.74) is 2.00. The van der Waals surface area contributed by atoms with E-state index in [4.69, 9.17) is 14.7 Å². The highest BCUT2D eigenvalue weighted by Gasteiger charge is 2.07. The van der Waals surface area contributed by atoms with E-state index in [1.54, 1.807) is 24.3 Å². The predicted octanol–water partition coefficient (Wildman–Crippen LogP) is 2.33.